The van der Waals surface area contributed by atoms with Gasteiger partial charge in [-0.15, -0.1) is 0 Å². The summed E-state index contributed by atoms with van der Waals surface area (Å²) in [6.07, 6.45) is 0.987. The maximum Gasteiger partial charge on any atom is 0.251 e. The van der Waals surface area contributed by atoms with E-state index < -0.39 is 0 Å². The largest absolute Gasteiger partial charge is 0.508 e. The van der Waals surface area contributed by atoms with Crippen molar-refractivity contribution in [1.82, 2.24) is 10.2 Å². The standard InChI is InChI=1S/C21H24N2O3/c1-14-7-8-16(9-19(14)24)21(25)22-17-10-18-13-26-20(12-23(18)11-17)15-5-3-2-4-6-15/h2-9,17-18,20,24H,10-13H2,1H3,(H,22,25)/t17-,18+,20-/m1/s1. The number of amides is 1. The van der Waals surface area contributed by atoms with Crippen molar-refractivity contribution in [2.24, 2.45) is 0 Å². The Balaban J connectivity index is 1.37. The van der Waals surface area contributed by atoms with Gasteiger partial charge in [0.15, 0.2) is 0 Å². The Morgan fingerprint density at radius 1 is 1.19 bits per heavy atom. The van der Waals surface area contributed by atoms with Crippen LogP contribution in [-0.4, -0.2) is 47.7 Å². The lowest BCUT2D eigenvalue weighted by Crippen LogP contribution is -2.43. The Morgan fingerprint density at radius 3 is 2.77 bits per heavy atom. The number of hydrogen-bond donors (Lipinski definition) is 2. The van der Waals surface area contributed by atoms with Crippen LogP contribution in [0.3, 0.4) is 0 Å². The Hall–Kier alpha value is -2.37. The topological polar surface area (TPSA) is 61.8 Å². The molecule has 0 saturated carbocycles. The third-order valence-corrected chi connectivity index (χ3v) is 5.40. The molecule has 1 amide bonds. The molecule has 2 fully saturated rings. The number of nitrogens with one attached hydrogen (secondary N) is 1. The highest BCUT2D eigenvalue weighted by molar-refractivity contribution is 5.94. The van der Waals surface area contributed by atoms with Gasteiger partial charge in [0, 0.05) is 30.7 Å². The van der Waals surface area contributed by atoms with Crippen molar-refractivity contribution in [3.63, 3.8) is 0 Å². The number of morpholine rings is 1. The van der Waals surface area contributed by atoms with Crippen molar-refractivity contribution >= 4 is 5.91 Å². The van der Waals surface area contributed by atoms with E-state index in [9.17, 15) is 9.90 Å². The van der Waals surface area contributed by atoms with Crippen LogP contribution >= 0.6 is 0 Å². The van der Waals surface area contributed by atoms with Crippen molar-refractivity contribution in [2.75, 3.05) is 19.7 Å². The summed E-state index contributed by atoms with van der Waals surface area (Å²) < 4.78 is 6.06. The molecule has 136 valence electrons. The highest BCUT2D eigenvalue weighted by Gasteiger charge is 2.38. The number of rotatable bonds is 3. The van der Waals surface area contributed by atoms with Crippen molar-refractivity contribution < 1.29 is 14.6 Å². The van der Waals surface area contributed by atoms with E-state index in [1.165, 1.54) is 11.6 Å². The van der Waals surface area contributed by atoms with Gasteiger partial charge >= 0.3 is 0 Å². The van der Waals surface area contributed by atoms with E-state index >= 15 is 0 Å². The first kappa shape index (κ1) is 17.1. The SMILES string of the molecule is Cc1ccc(C(=O)N[C@@H]2C[C@H]3CO[C@@H](c4ccccc4)CN3C2)cc1O. The third kappa shape index (κ3) is 3.45. The summed E-state index contributed by atoms with van der Waals surface area (Å²) in [4.78, 5) is 14.9. The Labute approximate surface area is 153 Å². The van der Waals surface area contributed by atoms with E-state index in [-0.39, 0.29) is 23.8 Å². The third-order valence-electron chi connectivity index (χ3n) is 5.40. The smallest absolute Gasteiger partial charge is 0.251 e. The molecule has 0 aliphatic carbocycles. The first-order chi connectivity index (χ1) is 12.6. The average molecular weight is 352 g/mol. The first-order valence-corrected chi connectivity index (χ1v) is 9.11. The zero-order valence-electron chi connectivity index (χ0n) is 14.9. The van der Waals surface area contributed by atoms with E-state index in [1.54, 1.807) is 12.1 Å². The zero-order valence-corrected chi connectivity index (χ0v) is 14.9. The Bertz CT molecular complexity index is 793. The quantitative estimate of drug-likeness (QED) is 0.891. The summed E-state index contributed by atoms with van der Waals surface area (Å²) in [7, 11) is 0. The van der Waals surface area contributed by atoms with Crippen molar-refractivity contribution in [1.29, 1.82) is 0 Å². The Kier molecular flexibility index (Phi) is 4.66. The molecular formula is C21H24N2O3. The summed E-state index contributed by atoms with van der Waals surface area (Å²) in [5.74, 6) is 0.0197. The van der Waals surface area contributed by atoms with Crippen molar-refractivity contribution in [3.8, 4) is 5.75 Å². The molecule has 2 aromatic rings. The normalized spacial score (nSPS) is 25.7. The number of aryl methyl sites for hydroxylation is 1. The number of nitrogens with zero attached hydrogens (tertiary/aromatic N) is 1. The van der Waals surface area contributed by atoms with Gasteiger partial charge in [-0.05, 0) is 36.6 Å². The number of fused-ring (bicyclic) bond motifs is 1. The molecule has 3 atom stereocenters. The molecule has 5 nitrogen and oxygen atoms in total. The van der Waals surface area contributed by atoms with Gasteiger partial charge in [-0.25, -0.2) is 0 Å². The molecule has 2 aromatic carbocycles. The molecule has 2 aliphatic rings. The fourth-order valence-electron chi connectivity index (χ4n) is 3.87. The van der Waals surface area contributed by atoms with Crippen LogP contribution in [0.5, 0.6) is 5.75 Å². The lowest BCUT2D eigenvalue weighted by atomic mass is 10.1. The summed E-state index contributed by atoms with van der Waals surface area (Å²) in [5, 5.41) is 12.9. The van der Waals surface area contributed by atoms with Gasteiger partial charge in [0.05, 0.1) is 12.7 Å². The van der Waals surface area contributed by atoms with Gasteiger partial charge in [-0.2, -0.15) is 0 Å². The lowest BCUT2D eigenvalue weighted by Gasteiger charge is -2.35. The van der Waals surface area contributed by atoms with Gasteiger partial charge in [0.2, 0.25) is 0 Å². The molecule has 5 heteroatoms. The fraction of sp³-hybridized carbons (Fsp3) is 0.381. The molecule has 2 N–H and O–H groups in total. The number of hydrogen-bond acceptors (Lipinski definition) is 4. The second-order valence-corrected chi connectivity index (χ2v) is 7.25. The van der Waals surface area contributed by atoms with E-state index in [4.69, 9.17) is 4.74 Å². The summed E-state index contributed by atoms with van der Waals surface area (Å²) in [6, 6.07) is 15.8. The molecule has 2 heterocycles. The van der Waals surface area contributed by atoms with Crippen LogP contribution in [-0.2, 0) is 4.74 Å². The second kappa shape index (κ2) is 7.09. The molecule has 4 rings (SSSR count). The second-order valence-electron chi connectivity index (χ2n) is 7.25. The minimum absolute atomic E-state index is 0.0935. The van der Waals surface area contributed by atoms with Gasteiger partial charge in [0.25, 0.3) is 5.91 Å². The van der Waals surface area contributed by atoms with Crippen LogP contribution in [0.4, 0.5) is 0 Å². The van der Waals surface area contributed by atoms with Gasteiger partial charge < -0.3 is 15.2 Å². The molecule has 0 spiro atoms. The number of carbonyl (C=O) groups excluding carboxylic acids is 1. The number of carbonyl (C=O) groups is 1. The molecule has 26 heavy (non-hydrogen) atoms. The van der Waals surface area contributed by atoms with E-state index in [1.807, 2.05) is 25.1 Å². The van der Waals surface area contributed by atoms with E-state index in [0.29, 0.717) is 18.2 Å². The maximum atomic E-state index is 12.5. The highest BCUT2D eigenvalue weighted by Crippen LogP contribution is 2.30. The van der Waals surface area contributed by atoms with Crippen LogP contribution in [0.25, 0.3) is 0 Å². The van der Waals surface area contributed by atoms with E-state index in [0.717, 1.165) is 25.1 Å². The molecule has 2 aliphatic heterocycles. The fourth-order valence-corrected chi connectivity index (χ4v) is 3.87. The van der Waals surface area contributed by atoms with Gasteiger partial charge in [-0.1, -0.05) is 36.4 Å². The van der Waals surface area contributed by atoms with Gasteiger partial charge in [0.1, 0.15) is 5.75 Å². The van der Waals surface area contributed by atoms with Crippen LogP contribution in [0, 0.1) is 6.92 Å². The molecule has 2 saturated heterocycles. The van der Waals surface area contributed by atoms with Crippen LogP contribution in [0.1, 0.15) is 34.0 Å². The number of benzene rings is 2. The number of aromatic hydroxyl groups is 1. The summed E-state index contributed by atoms with van der Waals surface area (Å²) in [5.41, 5.74) is 2.47. The molecule has 0 bridgehead atoms. The summed E-state index contributed by atoms with van der Waals surface area (Å²) >= 11 is 0. The van der Waals surface area contributed by atoms with Gasteiger partial charge in [-0.3, -0.25) is 9.69 Å². The maximum absolute atomic E-state index is 12.5. The average Bonchev–Trinajstić information content (AvgIpc) is 3.06. The summed E-state index contributed by atoms with van der Waals surface area (Å²) in [6.45, 7) is 4.19. The predicted octanol–water partition coefficient (Wildman–Crippen LogP) is 2.64. The predicted molar refractivity (Wildman–Crippen MR) is 99.2 cm³/mol. The Morgan fingerprint density at radius 2 is 2.00 bits per heavy atom. The van der Waals surface area contributed by atoms with Crippen LogP contribution in [0.15, 0.2) is 48.5 Å². The lowest BCUT2D eigenvalue weighted by molar-refractivity contribution is -0.0502. The van der Waals surface area contributed by atoms with Crippen molar-refractivity contribution in [3.05, 3.63) is 65.2 Å². The molecule has 0 aromatic heterocycles. The van der Waals surface area contributed by atoms with E-state index in [2.05, 4.69) is 22.3 Å². The first-order valence-electron chi connectivity index (χ1n) is 9.11. The number of phenolic OH excluding ortho intramolecular Hbond substituents is 1. The molecule has 0 unspecified atom stereocenters. The van der Waals surface area contributed by atoms with Crippen LogP contribution in [0.2, 0.25) is 0 Å². The monoisotopic (exact) mass is 352 g/mol. The van der Waals surface area contributed by atoms with Crippen molar-refractivity contribution in [2.45, 2.75) is 31.5 Å². The molecule has 0 radical (unpaired) electrons. The highest BCUT2D eigenvalue weighted by atomic mass is 16.5. The molecular weight excluding hydrogens is 328 g/mol. The minimum atomic E-state index is -0.134. The number of phenols is 1. The number of ether oxygens (including phenoxy) is 1. The minimum Gasteiger partial charge on any atom is -0.508 e. The van der Waals surface area contributed by atoms with Crippen LogP contribution < -0.4 is 5.32 Å². The zero-order chi connectivity index (χ0) is 18.1.